The maximum atomic E-state index is 13.0. The lowest BCUT2D eigenvalue weighted by Gasteiger charge is -2.06. The number of rotatable bonds is 4. The van der Waals surface area contributed by atoms with Crippen molar-refractivity contribution in [3.8, 4) is 0 Å². The van der Waals surface area contributed by atoms with Crippen LogP contribution < -0.4 is 5.32 Å². The van der Waals surface area contributed by atoms with Gasteiger partial charge < -0.3 is 10.3 Å². The molecule has 0 saturated carbocycles. The van der Waals surface area contributed by atoms with Crippen molar-refractivity contribution < 1.29 is 9.18 Å². The highest BCUT2D eigenvalue weighted by Gasteiger charge is 2.11. The van der Waals surface area contributed by atoms with Gasteiger partial charge in [-0.2, -0.15) is 0 Å². The van der Waals surface area contributed by atoms with Crippen molar-refractivity contribution in [2.45, 2.75) is 20.3 Å². The van der Waals surface area contributed by atoms with Crippen LogP contribution >= 0.6 is 0 Å². The Balaban J connectivity index is 2.13. The van der Waals surface area contributed by atoms with Crippen LogP contribution in [0, 0.1) is 11.7 Å². The van der Waals surface area contributed by atoms with Crippen LogP contribution in [0.15, 0.2) is 24.4 Å². The van der Waals surface area contributed by atoms with Crippen molar-refractivity contribution >= 4 is 16.8 Å². The number of nitrogens with one attached hydrogen (secondary N) is 2. The summed E-state index contributed by atoms with van der Waals surface area (Å²) < 4.78 is 13.0. The molecule has 0 radical (unpaired) electrons. The molecule has 18 heavy (non-hydrogen) atoms. The average Bonchev–Trinajstić information content (AvgIpc) is 2.71. The summed E-state index contributed by atoms with van der Waals surface area (Å²) in [6.45, 7) is 4.88. The number of aromatic nitrogens is 1. The van der Waals surface area contributed by atoms with Crippen LogP contribution in [-0.2, 0) is 0 Å². The predicted octanol–water partition coefficient (Wildman–Crippen LogP) is 3.08. The third kappa shape index (κ3) is 2.70. The molecule has 2 rings (SSSR count). The second kappa shape index (κ2) is 5.21. The molecule has 0 aliphatic rings. The van der Waals surface area contributed by atoms with Crippen LogP contribution in [-0.4, -0.2) is 17.4 Å². The molecule has 2 N–H and O–H groups in total. The van der Waals surface area contributed by atoms with Gasteiger partial charge in [-0.3, -0.25) is 4.79 Å². The van der Waals surface area contributed by atoms with E-state index in [4.69, 9.17) is 0 Å². The van der Waals surface area contributed by atoms with Gasteiger partial charge in [0.15, 0.2) is 0 Å². The molecule has 3 nitrogen and oxygen atoms in total. The quantitative estimate of drug-likeness (QED) is 0.858. The Morgan fingerprint density at radius 3 is 2.94 bits per heavy atom. The first-order valence-electron chi connectivity index (χ1n) is 6.12. The first-order chi connectivity index (χ1) is 8.58. The number of carbonyl (C=O) groups is 1. The van der Waals surface area contributed by atoms with Gasteiger partial charge in [-0.25, -0.2) is 4.39 Å². The lowest BCUT2D eigenvalue weighted by Crippen LogP contribution is -2.25. The average molecular weight is 248 g/mol. The number of carbonyl (C=O) groups excluding carboxylic acids is 1. The molecule has 0 spiro atoms. The number of H-pyrrole nitrogens is 1. The van der Waals surface area contributed by atoms with E-state index in [1.807, 2.05) is 0 Å². The van der Waals surface area contributed by atoms with E-state index in [1.165, 1.54) is 12.1 Å². The molecule has 1 amide bonds. The molecule has 1 heterocycles. The number of halogens is 1. The van der Waals surface area contributed by atoms with Crippen molar-refractivity contribution in [2.75, 3.05) is 6.54 Å². The summed E-state index contributed by atoms with van der Waals surface area (Å²) in [6, 6.07) is 4.37. The summed E-state index contributed by atoms with van der Waals surface area (Å²) in [5, 5.41) is 3.62. The molecule has 1 aromatic heterocycles. The second-order valence-corrected chi connectivity index (χ2v) is 4.83. The van der Waals surface area contributed by atoms with Crippen LogP contribution in [0.5, 0.6) is 0 Å². The Labute approximate surface area is 105 Å². The largest absolute Gasteiger partial charge is 0.360 e. The van der Waals surface area contributed by atoms with Gasteiger partial charge in [0, 0.05) is 23.6 Å². The molecule has 96 valence electrons. The fraction of sp³-hybridized carbons (Fsp3) is 0.357. The van der Waals surface area contributed by atoms with Gasteiger partial charge in [0.2, 0.25) is 0 Å². The Morgan fingerprint density at radius 2 is 2.22 bits per heavy atom. The van der Waals surface area contributed by atoms with Gasteiger partial charge >= 0.3 is 0 Å². The number of amides is 1. The first kappa shape index (κ1) is 12.6. The van der Waals surface area contributed by atoms with E-state index in [0.717, 1.165) is 11.8 Å². The monoisotopic (exact) mass is 248 g/mol. The van der Waals surface area contributed by atoms with E-state index < -0.39 is 0 Å². The normalized spacial score (nSPS) is 11.1. The van der Waals surface area contributed by atoms with Crippen molar-refractivity contribution in [1.29, 1.82) is 0 Å². The Kier molecular flexibility index (Phi) is 3.65. The molecule has 1 aromatic carbocycles. The van der Waals surface area contributed by atoms with Gasteiger partial charge in [-0.15, -0.1) is 0 Å². The molecule has 4 heteroatoms. The van der Waals surface area contributed by atoms with E-state index in [1.54, 1.807) is 12.3 Å². The molecule has 2 aromatic rings. The Morgan fingerprint density at radius 1 is 1.44 bits per heavy atom. The summed E-state index contributed by atoms with van der Waals surface area (Å²) in [6.07, 6.45) is 2.57. The molecule has 0 aliphatic carbocycles. The predicted molar refractivity (Wildman–Crippen MR) is 70.0 cm³/mol. The van der Waals surface area contributed by atoms with Gasteiger partial charge in [0.05, 0.1) is 5.56 Å². The molecular formula is C14H17FN2O. The highest BCUT2D eigenvalue weighted by atomic mass is 19.1. The van der Waals surface area contributed by atoms with Gasteiger partial charge in [-0.05, 0) is 30.5 Å². The third-order valence-electron chi connectivity index (χ3n) is 2.90. The highest BCUT2D eigenvalue weighted by molar-refractivity contribution is 6.06. The number of hydrogen-bond donors (Lipinski definition) is 2. The molecule has 0 saturated heterocycles. The zero-order valence-corrected chi connectivity index (χ0v) is 10.6. The lowest BCUT2D eigenvalue weighted by atomic mass is 10.1. The minimum Gasteiger partial charge on any atom is -0.360 e. The summed E-state index contributed by atoms with van der Waals surface area (Å²) in [5.74, 6) is 0.131. The molecular weight excluding hydrogens is 231 g/mol. The zero-order chi connectivity index (χ0) is 13.1. The van der Waals surface area contributed by atoms with E-state index in [2.05, 4.69) is 24.1 Å². The number of fused-ring (bicyclic) bond motifs is 1. The summed E-state index contributed by atoms with van der Waals surface area (Å²) >= 11 is 0. The standard InChI is InChI=1S/C14H17FN2O/c1-9(2)5-6-16-14(18)12-8-17-13-7-10(15)3-4-11(12)13/h3-4,7-9,17H,5-6H2,1-2H3,(H,16,18). The van der Waals surface area contributed by atoms with Crippen LogP contribution in [0.4, 0.5) is 4.39 Å². The molecule has 0 aliphatic heterocycles. The first-order valence-corrected chi connectivity index (χ1v) is 6.12. The van der Waals surface area contributed by atoms with E-state index in [-0.39, 0.29) is 11.7 Å². The smallest absolute Gasteiger partial charge is 0.253 e. The van der Waals surface area contributed by atoms with Crippen molar-refractivity contribution in [1.82, 2.24) is 10.3 Å². The summed E-state index contributed by atoms with van der Waals surface area (Å²) in [5.41, 5.74) is 1.21. The van der Waals surface area contributed by atoms with Crippen LogP contribution in [0.2, 0.25) is 0 Å². The molecule has 0 unspecified atom stereocenters. The highest BCUT2D eigenvalue weighted by Crippen LogP contribution is 2.19. The number of benzene rings is 1. The minimum atomic E-state index is -0.309. The molecule has 0 fully saturated rings. The van der Waals surface area contributed by atoms with Crippen molar-refractivity contribution in [2.24, 2.45) is 5.92 Å². The third-order valence-corrected chi connectivity index (χ3v) is 2.90. The summed E-state index contributed by atoms with van der Waals surface area (Å²) in [7, 11) is 0. The number of hydrogen-bond acceptors (Lipinski definition) is 1. The lowest BCUT2D eigenvalue weighted by molar-refractivity contribution is 0.0953. The number of aromatic amines is 1. The van der Waals surface area contributed by atoms with Crippen molar-refractivity contribution in [3.63, 3.8) is 0 Å². The fourth-order valence-corrected chi connectivity index (χ4v) is 1.86. The van der Waals surface area contributed by atoms with Crippen LogP contribution in [0.1, 0.15) is 30.6 Å². The molecule has 0 bridgehead atoms. The van der Waals surface area contributed by atoms with E-state index >= 15 is 0 Å². The maximum Gasteiger partial charge on any atom is 0.253 e. The SMILES string of the molecule is CC(C)CCNC(=O)c1c[nH]c2cc(F)ccc12. The topological polar surface area (TPSA) is 44.9 Å². The van der Waals surface area contributed by atoms with E-state index in [9.17, 15) is 9.18 Å². The van der Waals surface area contributed by atoms with Crippen molar-refractivity contribution in [3.05, 3.63) is 35.8 Å². The maximum absolute atomic E-state index is 13.0. The Hall–Kier alpha value is -1.84. The van der Waals surface area contributed by atoms with Crippen LogP contribution in [0.3, 0.4) is 0 Å². The minimum absolute atomic E-state index is 0.117. The van der Waals surface area contributed by atoms with Gasteiger partial charge in [0.25, 0.3) is 5.91 Å². The van der Waals surface area contributed by atoms with Gasteiger partial charge in [0.1, 0.15) is 5.82 Å². The van der Waals surface area contributed by atoms with Crippen LogP contribution in [0.25, 0.3) is 10.9 Å². The fourth-order valence-electron chi connectivity index (χ4n) is 1.86. The zero-order valence-electron chi connectivity index (χ0n) is 10.6. The van der Waals surface area contributed by atoms with E-state index in [0.29, 0.717) is 23.5 Å². The Bertz CT molecular complexity index is 560. The van der Waals surface area contributed by atoms with Gasteiger partial charge in [-0.1, -0.05) is 13.8 Å². The summed E-state index contributed by atoms with van der Waals surface area (Å²) in [4.78, 5) is 14.9. The second-order valence-electron chi connectivity index (χ2n) is 4.83. The molecule has 0 atom stereocenters.